The SMILES string of the molecule is Cc1cc2c3c(c1)N1c4ccccc4C(C)(C)c4cccc(c41)B3n1c3cc4ccccc4cc3c3cccc-2c31. The predicted octanol–water partition coefficient (Wildman–Crippen LogP) is 8.31. The third kappa shape index (κ3) is 2.48. The van der Waals surface area contributed by atoms with E-state index in [1.807, 2.05) is 0 Å². The maximum absolute atomic E-state index is 2.67. The zero-order chi connectivity index (χ0) is 27.2. The van der Waals surface area contributed by atoms with Gasteiger partial charge in [-0.3, -0.25) is 0 Å². The summed E-state index contributed by atoms with van der Waals surface area (Å²) in [6.07, 6.45) is 0. The molecule has 6 aromatic carbocycles. The van der Waals surface area contributed by atoms with Gasteiger partial charge in [0.25, 0.3) is 0 Å². The third-order valence-corrected chi connectivity index (χ3v) is 10.1. The standard InChI is InChI=1S/C38H27BN2/c1-22-18-28-26-13-8-12-25-27-20-23-10-4-5-11-24(23)21-33(27)41(36(25)26)39-31-16-9-15-30-37(31)40(34(19-22)35(28)39)32-17-7-6-14-29(32)38(30,2)3/h4-21H,1-3H3. The molecule has 0 fully saturated rings. The number of fused-ring (bicyclic) bond motifs is 10. The fourth-order valence-electron chi connectivity index (χ4n) is 8.42. The van der Waals surface area contributed by atoms with Crippen LogP contribution in [-0.2, 0) is 5.41 Å². The molecule has 3 aliphatic heterocycles. The Morgan fingerprint density at radius 1 is 0.634 bits per heavy atom. The molecule has 4 heterocycles. The third-order valence-electron chi connectivity index (χ3n) is 10.1. The van der Waals surface area contributed by atoms with Gasteiger partial charge in [-0.15, -0.1) is 0 Å². The summed E-state index contributed by atoms with van der Waals surface area (Å²) in [6.45, 7) is 7.14. The Kier molecular flexibility index (Phi) is 3.81. The van der Waals surface area contributed by atoms with Gasteiger partial charge in [-0.05, 0) is 75.1 Å². The minimum Gasteiger partial charge on any atom is -0.375 e. The molecule has 0 amide bonds. The number of benzene rings is 6. The van der Waals surface area contributed by atoms with E-state index in [4.69, 9.17) is 0 Å². The second-order valence-electron chi connectivity index (χ2n) is 12.7. The predicted molar refractivity (Wildman–Crippen MR) is 174 cm³/mol. The second-order valence-corrected chi connectivity index (χ2v) is 12.7. The summed E-state index contributed by atoms with van der Waals surface area (Å²) in [6, 6.07) is 41.4. The van der Waals surface area contributed by atoms with E-state index in [-0.39, 0.29) is 12.3 Å². The first-order valence-corrected chi connectivity index (χ1v) is 14.7. The summed E-state index contributed by atoms with van der Waals surface area (Å²) in [4.78, 5) is 2.58. The molecule has 0 saturated carbocycles. The molecule has 2 nitrogen and oxygen atoms in total. The van der Waals surface area contributed by atoms with Crippen LogP contribution in [0.4, 0.5) is 17.1 Å². The van der Waals surface area contributed by atoms with E-state index >= 15 is 0 Å². The largest absolute Gasteiger partial charge is 0.375 e. The van der Waals surface area contributed by atoms with Crippen LogP contribution < -0.4 is 15.8 Å². The molecule has 1 aromatic heterocycles. The van der Waals surface area contributed by atoms with Gasteiger partial charge in [0.2, 0.25) is 0 Å². The number of anilines is 3. The molecule has 0 atom stereocenters. The molecule has 0 saturated heterocycles. The van der Waals surface area contributed by atoms with Crippen molar-refractivity contribution in [3.63, 3.8) is 0 Å². The lowest BCUT2D eigenvalue weighted by Crippen LogP contribution is -2.58. The number of para-hydroxylation sites is 3. The molecule has 0 aliphatic carbocycles. The number of aromatic nitrogens is 1. The molecule has 3 heteroatoms. The number of rotatable bonds is 0. The fourth-order valence-corrected chi connectivity index (χ4v) is 8.42. The highest BCUT2D eigenvalue weighted by molar-refractivity contribution is 6.90. The molecule has 192 valence electrons. The topological polar surface area (TPSA) is 8.17 Å². The second kappa shape index (κ2) is 7.11. The molecule has 0 bridgehead atoms. The van der Waals surface area contributed by atoms with E-state index in [9.17, 15) is 0 Å². The maximum Gasteiger partial charge on any atom is 0.333 e. The van der Waals surface area contributed by atoms with Gasteiger partial charge in [-0.2, -0.15) is 0 Å². The van der Waals surface area contributed by atoms with Crippen LogP contribution in [0.1, 0.15) is 30.5 Å². The van der Waals surface area contributed by atoms with Crippen molar-refractivity contribution < 1.29 is 0 Å². The number of aryl methyl sites for hydroxylation is 1. The summed E-state index contributed by atoms with van der Waals surface area (Å²) in [5.74, 6) is 0. The lowest BCUT2D eigenvalue weighted by Gasteiger charge is -2.48. The number of nitrogens with zero attached hydrogens (tertiary/aromatic N) is 2. The van der Waals surface area contributed by atoms with E-state index < -0.39 is 0 Å². The van der Waals surface area contributed by atoms with Crippen molar-refractivity contribution >= 4 is 67.4 Å². The summed E-state index contributed by atoms with van der Waals surface area (Å²) < 4.78 is 2.67. The van der Waals surface area contributed by atoms with Crippen LogP contribution in [0.25, 0.3) is 43.7 Å². The normalized spacial score (nSPS) is 15.3. The van der Waals surface area contributed by atoms with Crippen LogP contribution in [-0.4, -0.2) is 11.3 Å². The van der Waals surface area contributed by atoms with Gasteiger partial charge < -0.3 is 9.38 Å². The smallest absolute Gasteiger partial charge is 0.333 e. The minimum atomic E-state index is -0.0978. The van der Waals surface area contributed by atoms with Crippen molar-refractivity contribution in [1.29, 1.82) is 0 Å². The Hall–Kier alpha value is -4.76. The van der Waals surface area contributed by atoms with Crippen molar-refractivity contribution in [2.45, 2.75) is 26.2 Å². The van der Waals surface area contributed by atoms with Crippen LogP contribution >= 0.6 is 0 Å². The van der Waals surface area contributed by atoms with E-state index in [2.05, 4.69) is 139 Å². The minimum absolute atomic E-state index is 0.0978. The van der Waals surface area contributed by atoms with Crippen LogP contribution in [0, 0.1) is 6.92 Å². The summed E-state index contributed by atoms with van der Waals surface area (Å²) >= 11 is 0. The monoisotopic (exact) mass is 522 g/mol. The molecular formula is C38H27BN2. The van der Waals surface area contributed by atoms with Crippen molar-refractivity contribution in [3.8, 4) is 11.1 Å². The van der Waals surface area contributed by atoms with Gasteiger partial charge in [0.05, 0.1) is 5.69 Å². The van der Waals surface area contributed by atoms with E-state index in [1.54, 1.807) is 0 Å². The average Bonchev–Trinajstić information content (AvgIpc) is 3.31. The Balaban J connectivity index is 1.43. The molecule has 10 rings (SSSR count). The first-order valence-electron chi connectivity index (χ1n) is 14.7. The highest BCUT2D eigenvalue weighted by atomic mass is 15.2. The van der Waals surface area contributed by atoms with Gasteiger partial charge in [0, 0.05) is 44.2 Å². The first kappa shape index (κ1) is 22.0. The van der Waals surface area contributed by atoms with Crippen LogP contribution in [0.3, 0.4) is 0 Å². The maximum atomic E-state index is 2.67. The average molecular weight is 522 g/mol. The molecule has 0 spiro atoms. The summed E-state index contributed by atoms with van der Waals surface area (Å²) in [5.41, 5.74) is 16.2. The van der Waals surface area contributed by atoms with Gasteiger partial charge in [0.15, 0.2) is 0 Å². The summed E-state index contributed by atoms with van der Waals surface area (Å²) in [7, 11) is 0. The molecule has 0 N–H and O–H groups in total. The molecule has 41 heavy (non-hydrogen) atoms. The Morgan fingerprint density at radius 3 is 2.27 bits per heavy atom. The quantitative estimate of drug-likeness (QED) is 0.182. The van der Waals surface area contributed by atoms with Gasteiger partial charge in [0.1, 0.15) is 0 Å². The highest BCUT2D eigenvalue weighted by Crippen LogP contribution is 2.54. The van der Waals surface area contributed by atoms with E-state index in [0.717, 1.165) is 0 Å². The summed E-state index contributed by atoms with van der Waals surface area (Å²) in [5, 5.41) is 5.26. The van der Waals surface area contributed by atoms with Crippen molar-refractivity contribution in [1.82, 2.24) is 4.48 Å². The zero-order valence-corrected chi connectivity index (χ0v) is 23.4. The van der Waals surface area contributed by atoms with Crippen LogP contribution in [0.5, 0.6) is 0 Å². The lowest BCUT2D eigenvalue weighted by atomic mass is 9.44. The molecule has 0 radical (unpaired) electrons. The van der Waals surface area contributed by atoms with Gasteiger partial charge in [-0.1, -0.05) is 98.8 Å². The zero-order valence-electron chi connectivity index (χ0n) is 23.4. The lowest BCUT2D eigenvalue weighted by molar-refractivity contribution is 0.632. The number of hydrogen-bond donors (Lipinski definition) is 0. The number of hydrogen-bond acceptors (Lipinski definition) is 1. The Morgan fingerprint density at radius 2 is 1.39 bits per heavy atom. The fraction of sp³-hybridized carbons (Fsp3) is 0.105. The van der Waals surface area contributed by atoms with Crippen molar-refractivity contribution in [2.75, 3.05) is 4.90 Å². The highest BCUT2D eigenvalue weighted by Gasteiger charge is 2.47. The molecular weight excluding hydrogens is 495 g/mol. The molecule has 3 aliphatic rings. The van der Waals surface area contributed by atoms with Crippen LogP contribution in [0.15, 0.2) is 109 Å². The van der Waals surface area contributed by atoms with Gasteiger partial charge in [-0.25, -0.2) is 0 Å². The molecule has 7 aromatic rings. The van der Waals surface area contributed by atoms with E-state index in [0.29, 0.717) is 0 Å². The Bertz CT molecular complexity index is 2320. The van der Waals surface area contributed by atoms with Crippen LogP contribution in [0.2, 0.25) is 0 Å². The molecule has 0 unspecified atom stereocenters. The van der Waals surface area contributed by atoms with Crippen molar-refractivity contribution in [3.05, 3.63) is 126 Å². The van der Waals surface area contributed by atoms with Crippen molar-refractivity contribution in [2.24, 2.45) is 0 Å². The Labute approximate surface area is 239 Å². The first-order chi connectivity index (χ1) is 20.0. The van der Waals surface area contributed by atoms with E-state index in [1.165, 1.54) is 88.4 Å². The van der Waals surface area contributed by atoms with Gasteiger partial charge >= 0.3 is 6.85 Å².